The number of nitrogens with zero attached hydrogens (tertiary/aromatic N) is 2. The van der Waals surface area contributed by atoms with E-state index in [1.807, 2.05) is 0 Å². The third kappa shape index (κ3) is 4.44. The van der Waals surface area contributed by atoms with Gasteiger partial charge in [-0.25, -0.2) is 5.01 Å². The molecule has 2 aromatic carbocycles. The molecule has 1 heterocycles. The summed E-state index contributed by atoms with van der Waals surface area (Å²) in [5.74, 6) is -0.0401. The maximum atomic E-state index is 12.3. The lowest BCUT2D eigenvalue weighted by Gasteiger charge is -2.26. The van der Waals surface area contributed by atoms with Crippen molar-refractivity contribution in [2.75, 3.05) is 11.1 Å². The summed E-state index contributed by atoms with van der Waals surface area (Å²) in [5, 5.41) is 15.7. The molecular weight excluding hydrogens is 431 g/mol. The topological polar surface area (TPSA) is 87.5 Å². The van der Waals surface area contributed by atoms with Gasteiger partial charge >= 0.3 is 0 Å². The highest BCUT2D eigenvalue weighted by Crippen LogP contribution is 2.41. The molecule has 140 valence electrons. The fourth-order valence-corrected chi connectivity index (χ4v) is 4.24. The van der Waals surface area contributed by atoms with Crippen molar-refractivity contribution in [2.45, 2.75) is 5.37 Å². The van der Waals surface area contributed by atoms with Crippen LogP contribution in [0.2, 0.25) is 10.0 Å². The first-order chi connectivity index (χ1) is 12.9. The minimum atomic E-state index is -0.559. The van der Waals surface area contributed by atoms with Crippen molar-refractivity contribution in [3.05, 3.63) is 68.2 Å². The first-order valence-corrected chi connectivity index (χ1v) is 9.78. The normalized spacial score (nSPS) is 16.3. The van der Waals surface area contributed by atoms with Gasteiger partial charge in [-0.1, -0.05) is 35.3 Å². The SMILES string of the molecule is O=C1CSC(c2cc([N+](=O)[O-])ccc2Cl)N1NC(=S)Nc1ccccc1Cl. The number of hydrazine groups is 1. The summed E-state index contributed by atoms with van der Waals surface area (Å²) in [6, 6.07) is 11.1. The van der Waals surface area contributed by atoms with Crippen molar-refractivity contribution in [1.82, 2.24) is 10.4 Å². The second-order valence-electron chi connectivity index (χ2n) is 5.44. The maximum Gasteiger partial charge on any atom is 0.269 e. The van der Waals surface area contributed by atoms with Crippen LogP contribution in [-0.4, -0.2) is 26.7 Å². The van der Waals surface area contributed by atoms with Gasteiger partial charge in [-0.15, -0.1) is 11.8 Å². The van der Waals surface area contributed by atoms with E-state index >= 15 is 0 Å². The zero-order valence-corrected chi connectivity index (χ0v) is 16.7. The zero-order chi connectivity index (χ0) is 19.6. The van der Waals surface area contributed by atoms with E-state index in [2.05, 4.69) is 10.7 Å². The Balaban J connectivity index is 1.81. The van der Waals surface area contributed by atoms with Crippen LogP contribution >= 0.6 is 47.2 Å². The highest BCUT2D eigenvalue weighted by Gasteiger charge is 2.35. The number of hydrogen-bond acceptors (Lipinski definition) is 5. The lowest BCUT2D eigenvalue weighted by molar-refractivity contribution is -0.384. The van der Waals surface area contributed by atoms with Crippen molar-refractivity contribution in [1.29, 1.82) is 0 Å². The zero-order valence-electron chi connectivity index (χ0n) is 13.5. The van der Waals surface area contributed by atoms with E-state index in [9.17, 15) is 14.9 Å². The summed E-state index contributed by atoms with van der Waals surface area (Å²) < 4.78 is 0. The number of nitro groups is 1. The summed E-state index contributed by atoms with van der Waals surface area (Å²) in [4.78, 5) is 22.8. The molecule has 11 heteroatoms. The van der Waals surface area contributed by atoms with E-state index in [1.165, 1.54) is 35.0 Å². The number of hydrogen-bond donors (Lipinski definition) is 2. The van der Waals surface area contributed by atoms with Gasteiger partial charge < -0.3 is 5.32 Å². The molecule has 2 aromatic rings. The number of thioether (sulfide) groups is 1. The first kappa shape index (κ1) is 19.7. The van der Waals surface area contributed by atoms with Gasteiger partial charge in [-0.05, 0) is 30.4 Å². The standard InChI is InChI=1S/C16H12Cl2N4O3S2/c17-11-6-5-9(22(24)25)7-10(11)15-21(14(23)8-27-15)20-16(26)19-13-4-2-1-3-12(13)18/h1-7,15H,8H2,(H2,19,20,26). The van der Waals surface area contributed by atoms with Crippen LogP contribution in [0.3, 0.4) is 0 Å². The summed E-state index contributed by atoms with van der Waals surface area (Å²) in [7, 11) is 0. The number of anilines is 1. The average Bonchev–Trinajstić information content (AvgIpc) is 2.97. The number of thiocarbonyl (C=S) groups is 1. The van der Waals surface area contributed by atoms with Gasteiger partial charge in [-0.2, -0.15) is 0 Å². The Hall–Kier alpha value is -2.07. The molecule has 7 nitrogen and oxygen atoms in total. The van der Waals surface area contributed by atoms with Crippen LogP contribution in [0, 0.1) is 10.1 Å². The quantitative estimate of drug-likeness (QED) is 0.412. The molecule has 0 spiro atoms. The molecule has 2 N–H and O–H groups in total. The molecule has 1 aliphatic rings. The van der Waals surface area contributed by atoms with Crippen LogP contribution in [0.25, 0.3) is 0 Å². The largest absolute Gasteiger partial charge is 0.330 e. The maximum absolute atomic E-state index is 12.3. The molecule has 0 bridgehead atoms. The monoisotopic (exact) mass is 442 g/mol. The van der Waals surface area contributed by atoms with E-state index in [0.29, 0.717) is 21.3 Å². The molecule has 27 heavy (non-hydrogen) atoms. The van der Waals surface area contributed by atoms with E-state index in [1.54, 1.807) is 24.3 Å². The highest BCUT2D eigenvalue weighted by molar-refractivity contribution is 8.00. The van der Waals surface area contributed by atoms with Gasteiger partial charge in [0.1, 0.15) is 5.37 Å². The van der Waals surface area contributed by atoms with Gasteiger partial charge in [0, 0.05) is 22.7 Å². The van der Waals surface area contributed by atoms with Crippen molar-refractivity contribution in [3.8, 4) is 0 Å². The molecule has 1 aliphatic heterocycles. The van der Waals surface area contributed by atoms with E-state index in [-0.39, 0.29) is 22.5 Å². The summed E-state index contributed by atoms with van der Waals surface area (Å²) in [6.45, 7) is 0. The van der Waals surface area contributed by atoms with Crippen LogP contribution in [0.15, 0.2) is 42.5 Å². The second-order valence-corrected chi connectivity index (χ2v) is 7.73. The Kier molecular flexibility index (Phi) is 6.05. The minimum Gasteiger partial charge on any atom is -0.330 e. The molecule has 3 rings (SSSR count). The summed E-state index contributed by atoms with van der Waals surface area (Å²) in [5.41, 5.74) is 3.76. The molecule has 1 amide bonds. The summed E-state index contributed by atoms with van der Waals surface area (Å²) >= 11 is 18.9. The molecule has 1 fully saturated rings. The molecule has 1 unspecified atom stereocenters. The number of para-hydroxylation sites is 1. The molecule has 1 atom stereocenters. The number of nitro benzene ring substituents is 1. The predicted octanol–water partition coefficient (Wildman–Crippen LogP) is 4.38. The molecule has 0 aromatic heterocycles. The van der Waals surface area contributed by atoms with Gasteiger partial charge in [0.2, 0.25) is 0 Å². The number of carbonyl (C=O) groups excluding carboxylic acids is 1. The van der Waals surface area contributed by atoms with Crippen LogP contribution in [0.1, 0.15) is 10.9 Å². The van der Waals surface area contributed by atoms with Crippen molar-refractivity contribution >= 4 is 69.6 Å². The van der Waals surface area contributed by atoms with E-state index in [4.69, 9.17) is 35.4 Å². The van der Waals surface area contributed by atoms with Crippen LogP contribution in [-0.2, 0) is 4.79 Å². The molecular formula is C16H12Cl2N4O3S2. The van der Waals surface area contributed by atoms with Crippen LogP contribution < -0.4 is 10.7 Å². The third-order valence-corrected chi connectivity index (χ3v) is 5.73. The lowest BCUT2D eigenvalue weighted by atomic mass is 10.2. The minimum absolute atomic E-state index is 0.105. The number of rotatable bonds is 4. The Labute approximate surface area is 174 Å². The van der Waals surface area contributed by atoms with Crippen molar-refractivity contribution in [2.24, 2.45) is 0 Å². The first-order valence-electron chi connectivity index (χ1n) is 7.56. The van der Waals surface area contributed by atoms with E-state index in [0.717, 1.165) is 0 Å². The Morgan fingerprint density at radius 3 is 2.70 bits per heavy atom. The Morgan fingerprint density at radius 2 is 2.00 bits per heavy atom. The smallest absolute Gasteiger partial charge is 0.269 e. The fourth-order valence-electron chi connectivity index (χ4n) is 2.43. The number of amides is 1. The van der Waals surface area contributed by atoms with Gasteiger partial charge in [0.25, 0.3) is 11.6 Å². The van der Waals surface area contributed by atoms with Gasteiger partial charge in [-0.3, -0.25) is 20.3 Å². The number of halogens is 2. The van der Waals surface area contributed by atoms with Crippen molar-refractivity contribution < 1.29 is 9.72 Å². The lowest BCUT2D eigenvalue weighted by Crippen LogP contribution is -2.46. The van der Waals surface area contributed by atoms with Crippen LogP contribution in [0.4, 0.5) is 11.4 Å². The number of carbonyl (C=O) groups is 1. The predicted molar refractivity (Wildman–Crippen MR) is 111 cm³/mol. The molecule has 0 saturated carbocycles. The number of nitrogens with one attached hydrogen (secondary N) is 2. The number of benzene rings is 2. The van der Waals surface area contributed by atoms with Gasteiger partial charge in [0.05, 0.1) is 21.4 Å². The Morgan fingerprint density at radius 1 is 1.26 bits per heavy atom. The van der Waals surface area contributed by atoms with Gasteiger partial charge in [0.15, 0.2) is 5.11 Å². The fraction of sp³-hybridized carbons (Fsp3) is 0.125. The molecule has 0 aliphatic carbocycles. The highest BCUT2D eigenvalue weighted by atomic mass is 35.5. The second kappa shape index (κ2) is 8.30. The summed E-state index contributed by atoms with van der Waals surface area (Å²) in [6.07, 6.45) is 0. The molecule has 1 saturated heterocycles. The molecule has 0 radical (unpaired) electrons. The average molecular weight is 443 g/mol. The Bertz CT molecular complexity index is 928. The van der Waals surface area contributed by atoms with Crippen LogP contribution in [0.5, 0.6) is 0 Å². The van der Waals surface area contributed by atoms with E-state index < -0.39 is 10.3 Å². The third-order valence-electron chi connectivity index (χ3n) is 3.67. The number of non-ortho nitro benzene ring substituents is 1. The van der Waals surface area contributed by atoms with Crippen molar-refractivity contribution in [3.63, 3.8) is 0 Å².